The van der Waals surface area contributed by atoms with E-state index in [9.17, 15) is 0 Å². The molecule has 0 aliphatic heterocycles. The van der Waals surface area contributed by atoms with Gasteiger partial charge in [0.25, 0.3) is 0 Å². The van der Waals surface area contributed by atoms with Crippen LogP contribution < -0.4 is 9.47 Å². The van der Waals surface area contributed by atoms with Gasteiger partial charge in [-0.25, -0.2) is 0 Å². The molecule has 0 unspecified atom stereocenters. The number of hydrogen-bond acceptors (Lipinski definition) is 2. The third kappa shape index (κ3) is 3.79. The molecule has 0 radical (unpaired) electrons. The normalized spacial score (nSPS) is 10.6. The molecule has 28 heavy (non-hydrogen) atoms. The predicted molar refractivity (Wildman–Crippen MR) is 114 cm³/mol. The SMILES string of the molecule is COc1ccc(-c2cn(Cc3ccccc3)cc2-c2ccc(OC)cc2)cc1. The van der Waals surface area contributed by atoms with Crippen LogP contribution in [-0.4, -0.2) is 18.8 Å². The smallest absolute Gasteiger partial charge is 0.118 e. The summed E-state index contributed by atoms with van der Waals surface area (Å²) in [5.74, 6) is 1.72. The van der Waals surface area contributed by atoms with Crippen molar-refractivity contribution in [1.82, 2.24) is 4.57 Å². The van der Waals surface area contributed by atoms with E-state index in [1.54, 1.807) is 14.2 Å². The predicted octanol–water partition coefficient (Wildman–Crippen LogP) is 5.89. The molecule has 1 heterocycles. The maximum atomic E-state index is 5.31. The molecule has 0 saturated heterocycles. The van der Waals surface area contributed by atoms with Gasteiger partial charge in [0.05, 0.1) is 14.2 Å². The Morgan fingerprint density at radius 2 is 1.07 bits per heavy atom. The minimum absolute atomic E-state index is 0.833. The molecule has 4 rings (SSSR count). The summed E-state index contributed by atoms with van der Waals surface area (Å²) in [5.41, 5.74) is 6.00. The van der Waals surface area contributed by atoms with Gasteiger partial charge in [-0.3, -0.25) is 0 Å². The highest BCUT2D eigenvalue weighted by Crippen LogP contribution is 2.35. The Kier molecular flexibility index (Phi) is 5.16. The Labute approximate surface area is 165 Å². The van der Waals surface area contributed by atoms with Crippen molar-refractivity contribution in [3.05, 3.63) is 96.8 Å². The summed E-state index contributed by atoms with van der Waals surface area (Å²) in [5, 5.41) is 0. The average molecular weight is 369 g/mol. The zero-order chi connectivity index (χ0) is 19.3. The summed E-state index contributed by atoms with van der Waals surface area (Å²) >= 11 is 0. The van der Waals surface area contributed by atoms with E-state index in [-0.39, 0.29) is 0 Å². The van der Waals surface area contributed by atoms with Crippen molar-refractivity contribution in [1.29, 1.82) is 0 Å². The highest BCUT2D eigenvalue weighted by Gasteiger charge is 2.12. The number of rotatable bonds is 6. The van der Waals surface area contributed by atoms with Crippen LogP contribution in [0.2, 0.25) is 0 Å². The molecule has 3 nitrogen and oxygen atoms in total. The van der Waals surface area contributed by atoms with E-state index in [1.165, 1.54) is 27.8 Å². The van der Waals surface area contributed by atoms with Crippen LogP contribution in [-0.2, 0) is 6.54 Å². The van der Waals surface area contributed by atoms with Gasteiger partial charge < -0.3 is 14.0 Å². The first-order valence-corrected chi connectivity index (χ1v) is 9.29. The van der Waals surface area contributed by atoms with Gasteiger partial charge in [0.15, 0.2) is 0 Å². The van der Waals surface area contributed by atoms with Gasteiger partial charge in [0.2, 0.25) is 0 Å². The molecule has 3 aromatic carbocycles. The quantitative estimate of drug-likeness (QED) is 0.423. The fourth-order valence-corrected chi connectivity index (χ4v) is 3.39. The number of aromatic nitrogens is 1. The van der Waals surface area contributed by atoms with Crippen molar-refractivity contribution in [3.63, 3.8) is 0 Å². The highest BCUT2D eigenvalue weighted by molar-refractivity contribution is 5.83. The lowest BCUT2D eigenvalue weighted by molar-refractivity contribution is 0.414. The second-order valence-corrected chi connectivity index (χ2v) is 6.70. The lowest BCUT2D eigenvalue weighted by Crippen LogP contribution is -1.95. The Bertz CT molecular complexity index is 967. The second-order valence-electron chi connectivity index (χ2n) is 6.70. The van der Waals surface area contributed by atoms with Crippen molar-refractivity contribution in [2.24, 2.45) is 0 Å². The van der Waals surface area contributed by atoms with Gasteiger partial charge in [0, 0.05) is 30.1 Å². The van der Waals surface area contributed by atoms with Crippen LogP contribution in [0.1, 0.15) is 5.56 Å². The Hall–Kier alpha value is -3.46. The Morgan fingerprint density at radius 1 is 0.607 bits per heavy atom. The number of ether oxygens (including phenoxy) is 2. The lowest BCUT2D eigenvalue weighted by atomic mass is 9.99. The van der Waals surface area contributed by atoms with E-state index < -0.39 is 0 Å². The number of nitrogens with zero attached hydrogens (tertiary/aromatic N) is 1. The first kappa shape index (κ1) is 17.9. The molecule has 0 saturated carbocycles. The van der Waals surface area contributed by atoms with E-state index in [0.717, 1.165) is 18.0 Å². The molecule has 0 aliphatic carbocycles. The lowest BCUT2D eigenvalue weighted by Gasteiger charge is -2.07. The summed E-state index contributed by atoms with van der Waals surface area (Å²) in [6.07, 6.45) is 4.43. The average Bonchev–Trinajstić information content (AvgIpc) is 3.18. The zero-order valence-corrected chi connectivity index (χ0v) is 16.1. The van der Waals surface area contributed by atoms with Gasteiger partial charge in [-0.15, -0.1) is 0 Å². The van der Waals surface area contributed by atoms with Crippen LogP contribution in [0.25, 0.3) is 22.3 Å². The van der Waals surface area contributed by atoms with Crippen LogP contribution in [0.15, 0.2) is 91.3 Å². The molecule has 4 aromatic rings. The third-order valence-electron chi connectivity index (χ3n) is 4.89. The van der Waals surface area contributed by atoms with E-state index in [0.29, 0.717) is 0 Å². The second kappa shape index (κ2) is 8.05. The van der Waals surface area contributed by atoms with Gasteiger partial charge in [0.1, 0.15) is 11.5 Å². The van der Waals surface area contributed by atoms with Gasteiger partial charge in [-0.2, -0.15) is 0 Å². The van der Waals surface area contributed by atoms with Gasteiger partial charge >= 0.3 is 0 Å². The monoisotopic (exact) mass is 369 g/mol. The summed E-state index contributed by atoms with van der Waals surface area (Å²) in [7, 11) is 3.38. The van der Waals surface area contributed by atoms with E-state index in [1.807, 2.05) is 30.3 Å². The number of hydrogen-bond donors (Lipinski definition) is 0. The van der Waals surface area contributed by atoms with Crippen molar-refractivity contribution in [3.8, 4) is 33.8 Å². The largest absolute Gasteiger partial charge is 0.497 e. The van der Waals surface area contributed by atoms with Crippen LogP contribution in [0.4, 0.5) is 0 Å². The first-order chi connectivity index (χ1) is 13.8. The molecule has 1 aromatic heterocycles. The fraction of sp³-hybridized carbons (Fsp3) is 0.120. The van der Waals surface area contributed by atoms with E-state index >= 15 is 0 Å². The standard InChI is InChI=1S/C25H23NO2/c1-27-22-12-8-20(9-13-22)24-17-26(16-19-6-4-3-5-7-19)18-25(24)21-10-14-23(28-2)15-11-21/h3-15,17-18H,16H2,1-2H3. The van der Waals surface area contributed by atoms with Crippen molar-refractivity contribution in [2.45, 2.75) is 6.54 Å². The Morgan fingerprint density at radius 3 is 1.50 bits per heavy atom. The minimum Gasteiger partial charge on any atom is -0.497 e. The molecular formula is C25H23NO2. The summed E-state index contributed by atoms with van der Waals surface area (Å²) < 4.78 is 12.9. The molecule has 0 fully saturated rings. The summed E-state index contributed by atoms with van der Waals surface area (Å²) in [6, 6.07) is 26.9. The maximum absolute atomic E-state index is 5.31. The summed E-state index contributed by atoms with van der Waals surface area (Å²) in [4.78, 5) is 0. The zero-order valence-electron chi connectivity index (χ0n) is 16.1. The molecule has 3 heteroatoms. The van der Waals surface area contributed by atoms with Crippen LogP contribution in [0.3, 0.4) is 0 Å². The number of benzene rings is 3. The molecule has 0 spiro atoms. The topological polar surface area (TPSA) is 23.4 Å². The number of methoxy groups -OCH3 is 2. The van der Waals surface area contributed by atoms with Gasteiger partial charge in [-0.1, -0.05) is 54.6 Å². The highest BCUT2D eigenvalue weighted by atomic mass is 16.5. The molecule has 0 aliphatic rings. The molecule has 0 amide bonds. The van der Waals surface area contributed by atoms with Crippen molar-refractivity contribution in [2.75, 3.05) is 14.2 Å². The molecular weight excluding hydrogens is 346 g/mol. The maximum Gasteiger partial charge on any atom is 0.118 e. The first-order valence-electron chi connectivity index (χ1n) is 9.29. The van der Waals surface area contributed by atoms with Crippen LogP contribution >= 0.6 is 0 Å². The minimum atomic E-state index is 0.833. The molecule has 140 valence electrons. The van der Waals surface area contributed by atoms with Crippen LogP contribution in [0, 0.1) is 0 Å². The third-order valence-corrected chi connectivity index (χ3v) is 4.89. The van der Waals surface area contributed by atoms with Gasteiger partial charge in [-0.05, 0) is 41.0 Å². The fourth-order valence-electron chi connectivity index (χ4n) is 3.39. The van der Waals surface area contributed by atoms with E-state index in [4.69, 9.17) is 9.47 Å². The molecule has 0 atom stereocenters. The van der Waals surface area contributed by atoms with Crippen molar-refractivity contribution < 1.29 is 9.47 Å². The van der Waals surface area contributed by atoms with E-state index in [2.05, 4.69) is 65.5 Å². The summed E-state index contributed by atoms with van der Waals surface area (Å²) in [6.45, 7) is 0.833. The van der Waals surface area contributed by atoms with Crippen molar-refractivity contribution >= 4 is 0 Å². The molecule has 0 N–H and O–H groups in total. The Balaban J connectivity index is 1.76. The van der Waals surface area contributed by atoms with Crippen LogP contribution in [0.5, 0.6) is 11.5 Å². The molecule has 0 bridgehead atoms.